The van der Waals surface area contributed by atoms with E-state index >= 15 is 0 Å². The summed E-state index contributed by atoms with van der Waals surface area (Å²) in [4.78, 5) is 11.3. The first-order chi connectivity index (χ1) is 6.33. The normalized spacial score (nSPS) is 21.8. The van der Waals surface area contributed by atoms with Gasteiger partial charge in [-0.15, -0.1) is 0 Å². The minimum Gasteiger partial charge on any atom is -0.396 e. The minimum atomic E-state index is 0.113. The molecular formula is C9H18N2O2. The van der Waals surface area contributed by atoms with Crippen molar-refractivity contribution < 1.29 is 9.90 Å². The molecule has 1 atom stereocenters. The zero-order chi connectivity index (χ0) is 9.52. The van der Waals surface area contributed by atoms with Crippen molar-refractivity contribution in [3.8, 4) is 0 Å². The van der Waals surface area contributed by atoms with Gasteiger partial charge in [-0.05, 0) is 31.8 Å². The number of aliphatic hydroxyl groups excluding tert-OH is 1. The van der Waals surface area contributed by atoms with Crippen molar-refractivity contribution in [2.24, 2.45) is 5.92 Å². The summed E-state index contributed by atoms with van der Waals surface area (Å²) < 4.78 is 0. The smallest absolute Gasteiger partial charge is 0.220 e. The highest BCUT2D eigenvalue weighted by molar-refractivity contribution is 5.76. The van der Waals surface area contributed by atoms with E-state index < -0.39 is 0 Å². The number of hydrogen-bond acceptors (Lipinski definition) is 3. The summed E-state index contributed by atoms with van der Waals surface area (Å²) in [6, 6.07) is 0. The molecule has 3 N–H and O–H groups in total. The van der Waals surface area contributed by atoms with E-state index in [9.17, 15) is 4.79 Å². The summed E-state index contributed by atoms with van der Waals surface area (Å²) in [5, 5.41) is 14.5. The van der Waals surface area contributed by atoms with Gasteiger partial charge in [-0.3, -0.25) is 4.79 Å². The molecule has 4 heteroatoms. The van der Waals surface area contributed by atoms with E-state index in [1.807, 2.05) is 0 Å². The SMILES string of the molecule is O=C(CC1CCNC1)NCCCO. The fourth-order valence-electron chi connectivity index (χ4n) is 1.53. The van der Waals surface area contributed by atoms with Crippen LogP contribution in [0.4, 0.5) is 0 Å². The molecule has 0 aromatic carbocycles. The first-order valence-electron chi connectivity index (χ1n) is 4.91. The van der Waals surface area contributed by atoms with Crippen LogP contribution in [-0.2, 0) is 4.79 Å². The van der Waals surface area contributed by atoms with E-state index in [0.717, 1.165) is 19.5 Å². The molecule has 0 radical (unpaired) electrons. The topological polar surface area (TPSA) is 61.4 Å². The monoisotopic (exact) mass is 186 g/mol. The maximum absolute atomic E-state index is 11.3. The van der Waals surface area contributed by atoms with E-state index in [0.29, 0.717) is 25.3 Å². The molecule has 0 saturated carbocycles. The summed E-state index contributed by atoms with van der Waals surface area (Å²) in [6.45, 7) is 2.74. The zero-order valence-electron chi connectivity index (χ0n) is 7.88. The van der Waals surface area contributed by atoms with Crippen LogP contribution in [-0.4, -0.2) is 37.3 Å². The van der Waals surface area contributed by atoms with Crippen LogP contribution in [0.25, 0.3) is 0 Å². The van der Waals surface area contributed by atoms with Gasteiger partial charge in [0, 0.05) is 19.6 Å². The summed E-state index contributed by atoms with van der Waals surface area (Å²) in [6.07, 6.45) is 2.38. The Kier molecular flexibility index (Phi) is 4.78. The van der Waals surface area contributed by atoms with Crippen LogP contribution >= 0.6 is 0 Å². The third kappa shape index (κ3) is 4.24. The Morgan fingerprint density at radius 2 is 2.46 bits per heavy atom. The van der Waals surface area contributed by atoms with Gasteiger partial charge < -0.3 is 15.7 Å². The molecule has 4 nitrogen and oxygen atoms in total. The molecule has 1 heterocycles. The van der Waals surface area contributed by atoms with Gasteiger partial charge >= 0.3 is 0 Å². The Labute approximate surface area is 78.7 Å². The highest BCUT2D eigenvalue weighted by Crippen LogP contribution is 2.11. The Bertz CT molecular complexity index is 156. The lowest BCUT2D eigenvalue weighted by molar-refractivity contribution is -0.121. The Morgan fingerprint density at radius 1 is 1.62 bits per heavy atom. The van der Waals surface area contributed by atoms with Gasteiger partial charge in [-0.1, -0.05) is 0 Å². The molecule has 0 aromatic heterocycles. The van der Waals surface area contributed by atoms with Gasteiger partial charge in [0.25, 0.3) is 0 Å². The van der Waals surface area contributed by atoms with Crippen LogP contribution in [0.15, 0.2) is 0 Å². The zero-order valence-corrected chi connectivity index (χ0v) is 7.88. The summed E-state index contributed by atoms with van der Waals surface area (Å²) >= 11 is 0. The number of amides is 1. The highest BCUT2D eigenvalue weighted by Gasteiger charge is 2.17. The molecule has 1 fully saturated rings. The first kappa shape index (κ1) is 10.5. The van der Waals surface area contributed by atoms with Crippen LogP contribution in [0, 0.1) is 5.92 Å². The van der Waals surface area contributed by atoms with Gasteiger partial charge in [-0.25, -0.2) is 0 Å². The summed E-state index contributed by atoms with van der Waals surface area (Å²) in [5.41, 5.74) is 0. The van der Waals surface area contributed by atoms with E-state index in [2.05, 4.69) is 10.6 Å². The fraction of sp³-hybridized carbons (Fsp3) is 0.889. The lowest BCUT2D eigenvalue weighted by Gasteiger charge is -2.08. The van der Waals surface area contributed by atoms with Gasteiger partial charge in [-0.2, -0.15) is 0 Å². The number of nitrogens with one attached hydrogen (secondary N) is 2. The van der Waals surface area contributed by atoms with Crippen LogP contribution in [0.3, 0.4) is 0 Å². The van der Waals surface area contributed by atoms with Gasteiger partial charge in [0.2, 0.25) is 5.91 Å². The van der Waals surface area contributed by atoms with Crippen molar-refractivity contribution in [3.63, 3.8) is 0 Å². The van der Waals surface area contributed by atoms with Crippen molar-refractivity contribution >= 4 is 5.91 Å². The standard InChI is InChI=1S/C9H18N2O2/c12-5-1-3-11-9(13)6-8-2-4-10-7-8/h8,10,12H,1-7H2,(H,11,13). The second-order valence-electron chi connectivity index (χ2n) is 3.49. The van der Waals surface area contributed by atoms with Crippen molar-refractivity contribution in [1.82, 2.24) is 10.6 Å². The molecule has 76 valence electrons. The fourth-order valence-corrected chi connectivity index (χ4v) is 1.53. The van der Waals surface area contributed by atoms with Crippen LogP contribution in [0.1, 0.15) is 19.3 Å². The van der Waals surface area contributed by atoms with Crippen LogP contribution in [0.5, 0.6) is 0 Å². The van der Waals surface area contributed by atoms with Gasteiger partial charge in [0.05, 0.1) is 0 Å². The molecule has 1 saturated heterocycles. The molecule has 1 rings (SSSR count). The van der Waals surface area contributed by atoms with E-state index in [1.165, 1.54) is 0 Å². The third-order valence-electron chi connectivity index (χ3n) is 2.29. The van der Waals surface area contributed by atoms with Crippen molar-refractivity contribution in [1.29, 1.82) is 0 Å². The summed E-state index contributed by atoms with van der Waals surface area (Å²) in [7, 11) is 0. The number of aliphatic hydroxyl groups is 1. The average molecular weight is 186 g/mol. The maximum atomic E-state index is 11.3. The Balaban J connectivity index is 2.02. The molecule has 0 spiro atoms. The molecule has 1 amide bonds. The second-order valence-corrected chi connectivity index (χ2v) is 3.49. The molecule has 1 aliphatic rings. The van der Waals surface area contributed by atoms with Crippen molar-refractivity contribution in [2.75, 3.05) is 26.2 Å². The van der Waals surface area contributed by atoms with E-state index in [1.54, 1.807) is 0 Å². The maximum Gasteiger partial charge on any atom is 0.220 e. The highest BCUT2D eigenvalue weighted by atomic mass is 16.3. The largest absolute Gasteiger partial charge is 0.396 e. The average Bonchev–Trinajstić information content (AvgIpc) is 2.57. The Hall–Kier alpha value is -0.610. The number of hydrogen-bond donors (Lipinski definition) is 3. The van der Waals surface area contributed by atoms with Crippen molar-refractivity contribution in [2.45, 2.75) is 19.3 Å². The number of carbonyl (C=O) groups excluding carboxylic acids is 1. The molecule has 13 heavy (non-hydrogen) atoms. The van der Waals surface area contributed by atoms with Gasteiger partial charge in [0.1, 0.15) is 0 Å². The number of rotatable bonds is 5. The summed E-state index contributed by atoms with van der Waals surface area (Å²) in [5.74, 6) is 0.622. The minimum absolute atomic E-state index is 0.113. The Morgan fingerprint density at radius 3 is 3.08 bits per heavy atom. The second kappa shape index (κ2) is 5.94. The quantitative estimate of drug-likeness (QED) is 0.507. The number of carbonyl (C=O) groups is 1. The first-order valence-corrected chi connectivity index (χ1v) is 4.91. The van der Waals surface area contributed by atoms with Crippen LogP contribution in [0.2, 0.25) is 0 Å². The molecular weight excluding hydrogens is 168 g/mol. The van der Waals surface area contributed by atoms with Crippen LogP contribution < -0.4 is 10.6 Å². The molecule has 1 unspecified atom stereocenters. The van der Waals surface area contributed by atoms with E-state index in [4.69, 9.17) is 5.11 Å². The molecule has 1 aliphatic heterocycles. The predicted octanol–water partition coefficient (Wildman–Crippen LogP) is -0.515. The van der Waals surface area contributed by atoms with E-state index in [-0.39, 0.29) is 12.5 Å². The van der Waals surface area contributed by atoms with Crippen molar-refractivity contribution in [3.05, 3.63) is 0 Å². The molecule has 0 aliphatic carbocycles. The predicted molar refractivity (Wildman–Crippen MR) is 50.3 cm³/mol. The third-order valence-corrected chi connectivity index (χ3v) is 2.29. The molecule has 0 aromatic rings. The lowest BCUT2D eigenvalue weighted by Crippen LogP contribution is -2.27. The lowest BCUT2D eigenvalue weighted by atomic mass is 10.0. The molecule has 0 bridgehead atoms. The van der Waals surface area contributed by atoms with Gasteiger partial charge in [0.15, 0.2) is 0 Å².